The van der Waals surface area contributed by atoms with E-state index in [-0.39, 0.29) is 23.9 Å². The van der Waals surface area contributed by atoms with Gasteiger partial charge >= 0.3 is 0 Å². The molecule has 3 rings (SSSR count). The Hall–Kier alpha value is -0.280. The number of hydrogen-bond donors (Lipinski definition) is 1. The number of halogens is 2. The molecule has 2 fully saturated rings. The fourth-order valence-electron chi connectivity index (χ4n) is 4.29. The molecular weight excluding hydrogens is 329 g/mol. The number of aliphatic hydroxyl groups is 1. The van der Waals surface area contributed by atoms with Gasteiger partial charge in [0.15, 0.2) is 0 Å². The van der Waals surface area contributed by atoms with E-state index < -0.39 is 0 Å². The summed E-state index contributed by atoms with van der Waals surface area (Å²) in [5.41, 5.74) is 1.52. The maximum atomic E-state index is 11.0. The molecule has 0 bridgehead atoms. The molecule has 1 aromatic rings. The van der Waals surface area contributed by atoms with Gasteiger partial charge in [-0.25, -0.2) is 0 Å². The Balaban J connectivity index is 0.00000192. The molecule has 2 aliphatic rings. The Morgan fingerprint density at radius 1 is 1.22 bits per heavy atom. The second-order valence-corrected chi connectivity index (χ2v) is 8.48. The highest BCUT2D eigenvalue weighted by atomic mass is 35.5. The van der Waals surface area contributed by atoms with Gasteiger partial charge in [0.25, 0.3) is 0 Å². The van der Waals surface area contributed by atoms with Gasteiger partial charge in [-0.2, -0.15) is 0 Å². The van der Waals surface area contributed by atoms with Crippen molar-refractivity contribution >= 4 is 24.0 Å². The molecule has 1 aliphatic heterocycles. The van der Waals surface area contributed by atoms with Crippen LogP contribution in [0.1, 0.15) is 51.5 Å². The third kappa shape index (κ3) is 4.04. The number of hydrogen-bond acceptors (Lipinski definition) is 2. The van der Waals surface area contributed by atoms with Crippen LogP contribution in [0.15, 0.2) is 24.3 Å². The van der Waals surface area contributed by atoms with E-state index in [0.717, 1.165) is 37.5 Å². The highest BCUT2D eigenvalue weighted by Crippen LogP contribution is 2.47. The predicted octanol–water partition coefficient (Wildman–Crippen LogP) is 4.67. The summed E-state index contributed by atoms with van der Waals surface area (Å²) in [6.45, 7) is 7.67. The molecular formula is C19H29Cl2NO. The molecule has 1 aromatic carbocycles. The summed E-state index contributed by atoms with van der Waals surface area (Å²) in [6.07, 6.45) is 5.59. The lowest BCUT2D eigenvalue weighted by atomic mass is 9.61. The fourth-order valence-corrected chi connectivity index (χ4v) is 4.48. The van der Waals surface area contributed by atoms with Crippen LogP contribution in [0.5, 0.6) is 0 Å². The van der Waals surface area contributed by atoms with Crippen molar-refractivity contribution in [2.24, 2.45) is 5.41 Å². The normalized spacial score (nSPS) is 24.3. The minimum absolute atomic E-state index is 0. The molecule has 23 heavy (non-hydrogen) atoms. The Labute approximate surface area is 151 Å². The van der Waals surface area contributed by atoms with Gasteiger partial charge in [0.2, 0.25) is 0 Å². The molecule has 0 spiro atoms. The number of nitrogens with zero attached hydrogens (tertiary/aromatic N) is 1. The van der Waals surface area contributed by atoms with E-state index in [4.69, 9.17) is 11.6 Å². The summed E-state index contributed by atoms with van der Waals surface area (Å²) < 4.78 is 0. The second kappa shape index (κ2) is 7.31. The first kappa shape index (κ1) is 19.1. The van der Waals surface area contributed by atoms with Crippen LogP contribution in [0.4, 0.5) is 0 Å². The van der Waals surface area contributed by atoms with E-state index >= 15 is 0 Å². The quantitative estimate of drug-likeness (QED) is 0.846. The molecule has 2 nitrogen and oxygen atoms in total. The second-order valence-electron chi connectivity index (χ2n) is 8.04. The lowest BCUT2D eigenvalue weighted by molar-refractivity contribution is -0.0134. The number of aliphatic hydroxyl groups excluding tert-OH is 1. The van der Waals surface area contributed by atoms with Crippen molar-refractivity contribution in [3.63, 3.8) is 0 Å². The highest BCUT2D eigenvalue weighted by molar-refractivity contribution is 6.30. The standard InChI is InChI=1S/C19H28ClNO.ClH/c1-18(2)8-5-11-21(14-18)13-17(22)19(9-4-10-19)15-6-3-7-16(20)12-15;/h3,6-7,12,17,22H,4-5,8-11,13-14H2,1-2H3;1H. The summed E-state index contributed by atoms with van der Waals surface area (Å²) in [5, 5.41) is 11.8. The van der Waals surface area contributed by atoms with Crippen LogP contribution in [0.25, 0.3) is 0 Å². The number of piperidine rings is 1. The highest BCUT2D eigenvalue weighted by Gasteiger charge is 2.45. The largest absolute Gasteiger partial charge is 0.391 e. The Kier molecular flexibility index (Phi) is 6.05. The topological polar surface area (TPSA) is 23.5 Å². The van der Waals surface area contributed by atoms with Crippen molar-refractivity contribution in [2.75, 3.05) is 19.6 Å². The number of β-amino-alcohol motifs (C(OH)–C–C–N with tert-alkyl or cyclic N) is 1. The maximum absolute atomic E-state index is 11.0. The zero-order valence-electron chi connectivity index (χ0n) is 14.2. The van der Waals surface area contributed by atoms with Crippen molar-refractivity contribution in [2.45, 2.75) is 57.5 Å². The van der Waals surface area contributed by atoms with E-state index in [1.165, 1.54) is 24.8 Å². The molecule has 1 heterocycles. The van der Waals surface area contributed by atoms with Crippen molar-refractivity contribution in [1.29, 1.82) is 0 Å². The summed E-state index contributed by atoms with van der Waals surface area (Å²) in [6, 6.07) is 8.10. The van der Waals surface area contributed by atoms with Crippen LogP contribution < -0.4 is 0 Å². The van der Waals surface area contributed by atoms with E-state index in [9.17, 15) is 5.11 Å². The molecule has 1 atom stereocenters. The first-order valence-electron chi connectivity index (χ1n) is 8.58. The van der Waals surface area contributed by atoms with Crippen LogP contribution in [0.2, 0.25) is 5.02 Å². The molecule has 1 N–H and O–H groups in total. The lowest BCUT2D eigenvalue weighted by Gasteiger charge is -2.48. The summed E-state index contributed by atoms with van der Waals surface area (Å²) in [7, 11) is 0. The van der Waals surface area contributed by atoms with Crippen LogP contribution in [-0.2, 0) is 5.41 Å². The van der Waals surface area contributed by atoms with Crippen molar-refractivity contribution in [3.05, 3.63) is 34.9 Å². The molecule has 1 saturated heterocycles. The summed E-state index contributed by atoms with van der Waals surface area (Å²) in [5.74, 6) is 0. The predicted molar refractivity (Wildman–Crippen MR) is 99.7 cm³/mol. The van der Waals surface area contributed by atoms with Gasteiger partial charge in [0, 0.05) is 23.5 Å². The molecule has 1 saturated carbocycles. The van der Waals surface area contributed by atoms with E-state index in [0.29, 0.717) is 5.41 Å². The summed E-state index contributed by atoms with van der Waals surface area (Å²) in [4.78, 5) is 2.46. The smallest absolute Gasteiger partial charge is 0.0763 e. The Morgan fingerprint density at radius 3 is 2.52 bits per heavy atom. The number of benzene rings is 1. The van der Waals surface area contributed by atoms with Gasteiger partial charge in [-0.3, -0.25) is 0 Å². The van der Waals surface area contributed by atoms with E-state index in [1.807, 2.05) is 18.2 Å². The zero-order chi connectivity index (χ0) is 15.8. The van der Waals surface area contributed by atoms with Crippen LogP contribution in [0.3, 0.4) is 0 Å². The molecule has 0 aromatic heterocycles. The Bertz CT molecular complexity index is 528. The first-order chi connectivity index (χ1) is 10.4. The molecule has 130 valence electrons. The van der Waals surface area contributed by atoms with Gasteiger partial charge in [-0.1, -0.05) is 44.0 Å². The van der Waals surface area contributed by atoms with Crippen molar-refractivity contribution in [3.8, 4) is 0 Å². The number of likely N-dealkylation sites (tertiary alicyclic amines) is 1. The van der Waals surface area contributed by atoms with Crippen LogP contribution >= 0.6 is 24.0 Å². The fraction of sp³-hybridized carbons (Fsp3) is 0.684. The average Bonchev–Trinajstić information content (AvgIpc) is 2.36. The van der Waals surface area contributed by atoms with Crippen molar-refractivity contribution in [1.82, 2.24) is 4.90 Å². The molecule has 1 aliphatic carbocycles. The lowest BCUT2D eigenvalue weighted by Crippen LogP contribution is -2.53. The molecule has 4 heteroatoms. The monoisotopic (exact) mass is 357 g/mol. The van der Waals surface area contributed by atoms with Crippen LogP contribution in [0, 0.1) is 5.41 Å². The minimum Gasteiger partial charge on any atom is -0.391 e. The van der Waals surface area contributed by atoms with Crippen LogP contribution in [-0.4, -0.2) is 35.7 Å². The zero-order valence-corrected chi connectivity index (χ0v) is 15.8. The third-order valence-corrected chi connectivity index (χ3v) is 5.93. The Morgan fingerprint density at radius 2 is 1.96 bits per heavy atom. The summed E-state index contributed by atoms with van der Waals surface area (Å²) >= 11 is 6.17. The molecule has 1 unspecified atom stereocenters. The van der Waals surface area contributed by atoms with Gasteiger partial charge in [-0.05, 0) is 55.3 Å². The first-order valence-corrected chi connectivity index (χ1v) is 8.96. The van der Waals surface area contributed by atoms with Gasteiger partial charge in [-0.15, -0.1) is 12.4 Å². The minimum atomic E-state index is -0.298. The molecule has 0 amide bonds. The third-order valence-electron chi connectivity index (χ3n) is 5.69. The van der Waals surface area contributed by atoms with Crippen molar-refractivity contribution < 1.29 is 5.11 Å². The molecule has 0 radical (unpaired) electrons. The van der Waals surface area contributed by atoms with Gasteiger partial charge < -0.3 is 10.0 Å². The maximum Gasteiger partial charge on any atom is 0.0763 e. The SMILES string of the molecule is CC1(C)CCCN(CC(O)C2(c3cccc(Cl)c3)CCC2)C1.Cl. The number of rotatable bonds is 4. The van der Waals surface area contributed by atoms with Gasteiger partial charge in [0.05, 0.1) is 6.10 Å². The van der Waals surface area contributed by atoms with Gasteiger partial charge in [0.1, 0.15) is 0 Å². The average molecular weight is 358 g/mol. The van der Waals surface area contributed by atoms with E-state index in [1.54, 1.807) is 0 Å². The van der Waals surface area contributed by atoms with E-state index in [2.05, 4.69) is 24.8 Å².